The highest BCUT2D eigenvalue weighted by molar-refractivity contribution is 5.64. The van der Waals surface area contributed by atoms with Gasteiger partial charge >= 0.3 is 0 Å². The zero-order chi connectivity index (χ0) is 17.5. The molecule has 0 N–H and O–H groups in total. The second-order valence-electron chi connectivity index (χ2n) is 7.55. The topological polar surface area (TPSA) is 0 Å². The molecule has 1 fully saturated rings. The zero-order valence-electron chi connectivity index (χ0n) is 14.9. The second kappa shape index (κ2) is 5.74. The summed E-state index contributed by atoms with van der Waals surface area (Å²) in [5, 5.41) is 0. The Morgan fingerprint density at radius 3 is 2.16 bits per heavy atom. The van der Waals surface area contributed by atoms with E-state index in [9.17, 15) is 0 Å². The van der Waals surface area contributed by atoms with Gasteiger partial charge in [-0.3, -0.25) is 0 Å². The molecule has 0 heterocycles. The van der Waals surface area contributed by atoms with E-state index in [0.29, 0.717) is 5.92 Å². The van der Waals surface area contributed by atoms with Crippen LogP contribution in [0.1, 0.15) is 30.9 Å². The first-order valence-electron chi connectivity index (χ1n) is 8.96. The Balaban J connectivity index is 1.91. The summed E-state index contributed by atoms with van der Waals surface area (Å²) in [4.78, 5) is 0. The lowest BCUT2D eigenvalue weighted by molar-refractivity contribution is 0.638. The molecule has 0 aromatic heterocycles. The Morgan fingerprint density at radius 1 is 0.880 bits per heavy atom. The van der Waals surface area contributed by atoms with Gasteiger partial charge in [-0.2, -0.15) is 0 Å². The molecule has 25 heavy (non-hydrogen) atoms. The molecule has 2 aliphatic rings. The predicted molar refractivity (Wildman–Crippen MR) is 107 cm³/mol. The SMILES string of the molecule is C=CC1(c2ccccc2)C=CC=CC1=C1C(c2ccccc2)C1(C)C. The summed E-state index contributed by atoms with van der Waals surface area (Å²) in [6.45, 7) is 8.94. The average molecular weight is 324 g/mol. The number of allylic oxidation sites excluding steroid dienone is 7. The lowest BCUT2D eigenvalue weighted by Crippen LogP contribution is -2.24. The van der Waals surface area contributed by atoms with Crippen LogP contribution in [-0.4, -0.2) is 0 Å². The smallest absolute Gasteiger partial charge is 0.0563 e. The Hall–Kier alpha value is -2.60. The first-order valence-corrected chi connectivity index (χ1v) is 8.96. The standard InChI is InChI=1S/C25H24/c1-4-25(20-15-9-6-10-16-20)18-12-11-17-21(25)23-22(24(23,2)3)19-13-7-5-8-14-19/h4-18,22H,1H2,2-3H3. The highest BCUT2D eigenvalue weighted by Gasteiger charge is 2.56. The van der Waals surface area contributed by atoms with E-state index in [-0.39, 0.29) is 10.8 Å². The molecule has 2 aliphatic carbocycles. The van der Waals surface area contributed by atoms with E-state index in [1.165, 1.54) is 22.3 Å². The minimum absolute atomic E-state index is 0.176. The van der Waals surface area contributed by atoms with Crippen molar-refractivity contribution in [2.75, 3.05) is 0 Å². The van der Waals surface area contributed by atoms with Crippen LogP contribution in [0, 0.1) is 5.41 Å². The summed E-state index contributed by atoms with van der Waals surface area (Å²) in [5.41, 5.74) is 5.53. The molecule has 0 spiro atoms. The van der Waals surface area contributed by atoms with Gasteiger partial charge in [0.05, 0.1) is 5.41 Å². The van der Waals surface area contributed by atoms with Gasteiger partial charge in [-0.1, -0.05) is 110 Å². The van der Waals surface area contributed by atoms with Crippen molar-refractivity contribution in [2.24, 2.45) is 5.41 Å². The van der Waals surface area contributed by atoms with Crippen molar-refractivity contribution in [3.63, 3.8) is 0 Å². The maximum atomic E-state index is 4.22. The number of benzene rings is 2. The Kier molecular flexibility index (Phi) is 3.65. The van der Waals surface area contributed by atoms with E-state index in [1.807, 2.05) is 0 Å². The van der Waals surface area contributed by atoms with Gasteiger partial charge in [0.2, 0.25) is 0 Å². The lowest BCUT2D eigenvalue weighted by Gasteiger charge is -2.32. The van der Waals surface area contributed by atoms with Crippen molar-refractivity contribution in [1.82, 2.24) is 0 Å². The van der Waals surface area contributed by atoms with Crippen LogP contribution in [0.2, 0.25) is 0 Å². The molecule has 0 heteroatoms. The van der Waals surface area contributed by atoms with Crippen molar-refractivity contribution < 1.29 is 0 Å². The molecule has 0 saturated heterocycles. The van der Waals surface area contributed by atoms with Gasteiger partial charge in [-0.05, 0) is 22.1 Å². The first-order chi connectivity index (χ1) is 12.1. The molecule has 2 aromatic carbocycles. The summed E-state index contributed by atoms with van der Waals surface area (Å²) in [6, 6.07) is 21.6. The fraction of sp³-hybridized carbons (Fsp3) is 0.200. The van der Waals surface area contributed by atoms with Crippen molar-refractivity contribution in [1.29, 1.82) is 0 Å². The van der Waals surface area contributed by atoms with Gasteiger partial charge in [0.1, 0.15) is 0 Å². The molecule has 2 unspecified atom stereocenters. The summed E-state index contributed by atoms with van der Waals surface area (Å²) in [6.07, 6.45) is 11.0. The van der Waals surface area contributed by atoms with Gasteiger partial charge in [-0.15, -0.1) is 6.58 Å². The summed E-state index contributed by atoms with van der Waals surface area (Å²) in [7, 11) is 0. The molecule has 124 valence electrons. The van der Waals surface area contributed by atoms with Crippen LogP contribution in [-0.2, 0) is 5.41 Å². The summed E-state index contributed by atoms with van der Waals surface area (Å²) in [5.74, 6) is 0.475. The lowest BCUT2D eigenvalue weighted by atomic mass is 9.71. The van der Waals surface area contributed by atoms with Gasteiger partial charge in [0.15, 0.2) is 0 Å². The number of rotatable bonds is 3. The third kappa shape index (κ3) is 2.36. The number of hydrogen-bond donors (Lipinski definition) is 0. The van der Waals surface area contributed by atoms with Crippen molar-refractivity contribution >= 4 is 0 Å². The fourth-order valence-corrected chi connectivity index (χ4v) is 4.44. The Morgan fingerprint density at radius 2 is 1.52 bits per heavy atom. The van der Waals surface area contributed by atoms with E-state index in [0.717, 1.165) is 0 Å². The van der Waals surface area contributed by atoms with Crippen molar-refractivity contribution in [3.8, 4) is 0 Å². The van der Waals surface area contributed by atoms with E-state index < -0.39 is 0 Å². The molecule has 4 rings (SSSR count). The Labute approximate surface area is 150 Å². The van der Waals surface area contributed by atoms with Crippen LogP contribution in [0.5, 0.6) is 0 Å². The highest BCUT2D eigenvalue weighted by atomic mass is 14.6. The van der Waals surface area contributed by atoms with Gasteiger partial charge in [0, 0.05) is 5.92 Å². The molecule has 0 radical (unpaired) electrons. The molecule has 0 nitrogen and oxygen atoms in total. The number of hydrogen-bond acceptors (Lipinski definition) is 0. The molecule has 0 bridgehead atoms. The van der Waals surface area contributed by atoms with Crippen LogP contribution in [0.25, 0.3) is 0 Å². The summed E-state index contributed by atoms with van der Waals surface area (Å²) < 4.78 is 0. The monoisotopic (exact) mass is 324 g/mol. The van der Waals surface area contributed by atoms with Crippen LogP contribution in [0.3, 0.4) is 0 Å². The van der Waals surface area contributed by atoms with Gasteiger partial charge in [-0.25, -0.2) is 0 Å². The largest absolute Gasteiger partial charge is 0.102 e. The first kappa shape index (κ1) is 15.9. The average Bonchev–Trinajstić information content (AvgIpc) is 3.24. The van der Waals surface area contributed by atoms with Crippen LogP contribution in [0.4, 0.5) is 0 Å². The van der Waals surface area contributed by atoms with E-state index in [1.54, 1.807) is 0 Å². The molecule has 1 saturated carbocycles. The highest BCUT2D eigenvalue weighted by Crippen LogP contribution is 2.67. The second-order valence-corrected chi connectivity index (χ2v) is 7.55. The van der Waals surface area contributed by atoms with E-state index >= 15 is 0 Å². The quantitative estimate of drug-likeness (QED) is 0.576. The van der Waals surface area contributed by atoms with E-state index in [4.69, 9.17) is 0 Å². The van der Waals surface area contributed by atoms with Crippen LogP contribution in [0.15, 0.2) is 109 Å². The molecule has 0 amide bonds. The normalized spacial score (nSPS) is 29.4. The third-order valence-corrected chi connectivity index (χ3v) is 5.80. The molecule has 0 aliphatic heterocycles. The van der Waals surface area contributed by atoms with Crippen molar-refractivity contribution in [2.45, 2.75) is 25.2 Å². The maximum absolute atomic E-state index is 4.22. The van der Waals surface area contributed by atoms with Crippen LogP contribution >= 0.6 is 0 Å². The predicted octanol–water partition coefficient (Wildman–Crippen LogP) is 6.36. The molecule has 2 atom stereocenters. The van der Waals surface area contributed by atoms with Gasteiger partial charge in [0.25, 0.3) is 0 Å². The summed E-state index contributed by atoms with van der Waals surface area (Å²) >= 11 is 0. The Bertz CT molecular complexity index is 878. The molecular weight excluding hydrogens is 300 g/mol. The molecular formula is C25H24. The third-order valence-electron chi connectivity index (χ3n) is 5.80. The zero-order valence-corrected chi connectivity index (χ0v) is 14.9. The van der Waals surface area contributed by atoms with E-state index in [2.05, 4.69) is 111 Å². The van der Waals surface area contributed by atoms with Gasteiger partial charge < -0.3 is 0 Å². The minimum atomic E-state index is -0.244. The van der Waals surface area contributed by atoms with Crippen molar-refractivity contribution in [3.05, 3.63) is 120 Å². The maximum Gasteiger partial charge on any atom is 0.0563 e. The molecule has 2 aromatic rings. The fourth-order valence-electron chi connectivity index (χ4n) is 4.44. The minimum Gasteiger partial charge on any atom is -0.102 e. The van der Waals surface area contributed by atoms with Crippen LogP contribution < -0.4 is 0 Å².